The van der Waals surface area contributed by atoms with E-state index >= 15 is 0 Å². The molecule has 0 saturated heterocycles. The van der Waals surface area contributed by atoms with Crippen LogP contribution in [0.5, 0.6) is 5.88 Å². The molecule has 1 rings (SSSR count). The van der Waals surface area contributed by atoms with Gasteiger partial charge in [0.25, 0.3) is 0 Å². The van der Waals surface area contributed by atoms with Crippen LogP contribution in [0.3, 0.4) is 0 Å². The lowest BCUT2D eigenvalue weighted by Crippen LogP contribution is -2.18. The van der Waals surface area contributed by atoms with Crippen LogP contribution in [0, 0.1) is 0 Å². The quantitative estimate of drug-likeness (QED) is 0.610. The number of hydrogen-bond acceptors (Lipinski definition) is 4. The fraction of sp³-hybridized carbons (Fsp3) is 0.692. The minimum Gasteiger partial charge on any atom is -0.477 e. The Hall–Kier alpha value is -0.870. The summed E-state index contributed by atoms with van der Waals surface area (Å²) in [5, 5.41) is 0.428. The van der Waals surface area contributed by atoms with Crippen LogP contribution in [0.15, 0.2) is 6.07 Å². The van der Waals surface area contributed by atoms with Crippen molar-refractivity contribution >= 4 is 11.6 Å². The fourth-order valence-electron chi connectivity index (χ4n) is 1.36. The molecule has 0 saturated carbocycles. The molecule has 102 valence electrons. The lowest BCUT2D eigenvalue weighted by molar-refractivity contribution is 0.271. The fourth-order valence-corrected chi connectivity index (χ4v) is 1.54. The van der Waals surface area contributed by atoms with E-state index in [0.717, 1.165) is 13.0 Å². The predicted molar refractivity (Wildman–Crippen MR) is 74.4 cm³/mol. The summed E-state index contributed by atoms with van der Waals surface area (Å²) in [4.78, 5) is 10.7. The van der Waals surface area contributed by atoms with E-state index in [9.17, 15) is 0 Å². The van der Waals surface area contributed by atoms with Crippen LogP contribution >= 0.6 is 11.6 Å². The molecule has 0 bridgehead atoms. The highest BCUT2D eigenvalue weighted by molar-refractivity contribution is 6.29. The predicted octanol–water partition coefficient (Wildman–Crippen LogP) is 2.76. The SMILES string of the molecule is CN(C)CCCOc1cc(Cl)nc(C(C)(C)C)n1. The third kappa shape index (κ3) is 5.19. The van der Waals surface area contributed by atoms with Gasteiger partial charge in [0.2, 0.25) is 5.88 Å². The first-order chi connectivity index (χ1) is 8.29. The third-order valence-electron chi connectivity index (χ3n) is 2.34. The Morgan fingerprint density at radius 1 is 1.28 bits per heavy atom. The van der Waals surface area contributed by atoms with Crippen molar-refractivity contribution in [1.82, 2.24) is 14.9 Å². The number of aromatic nitrogens is 2. The van der Waals surface area contributed by atoms with Gasteiger partial charge in [0.15, 0.2) is 0 Å². The summed E-state index contributed by atoms with van der Waals surface area (Å²) in [5.74, 6) is 1.26. The lowest BCUT2D eigenvalue weighted by atomic mass is 9.96. The summed E-state index contributed by atoms with van der Waals surface area (Å²) < 4.78 is 5.61. The van der Waals surface area contributed by atoms with Crippen molar-refractivity contribution in [3.05, 3.63) is 17.0 Å². The molecule has 0 fully saturated rings. The second kappa shape index (κ2) is 6.34. The molecule has 0 atom stereocenters. The van der Waals surface area contributed by atoms with Gasteiger partial charge in [0.1, 0.15) is 11.0 Å². The van der Waals surface area contributed by atoms with Gasteiger partial charge in [-0.15, -0.1) is 0 Å². The van der Waals surface area contributed by atoms with Crippen LogP contribution in [0.4, 0.5) is 0 Å². The number of halogens is 1. The van der Waals surface area contributed by atoms with Crippen LogP contribution < -0.4 is 4.74 Å². The molecule has 0 unspecified atom stereocenters. The molecule has 0 radical (unpaired) electrons. The highest BCUT2D eigenvalue weighted by atomic mass is 35.5. The van der Waals surface area contributed by atoms with Gasteiger partial charge in [0.05, 0.1) is 6.61 Å². The zero-order valence-electron chi connectivity index (χ0n) is 11.8. The minimum atomic E-state index is -0.132. The highest BCUT2D eigenvalue weighted by Crippen LogP contribution is 2.23. The topological polar surface area (TPSA) is 38.2 Å². The molecule has 1 aromatic rings. The molecule has 0 aromatic carbocycles. The zero-order valence-corrected chi connectivity index (χ0v) is 12.6. The molecule has 0 aliphatic rings. The maximum absolute atomic E-state index is 5.98. The minimum absolute atomic E-state index is 0.132. The van der Waals surface area contributed by atoms with Crippen molar-refractivity contribution in [3.63, 3.8) is 0 Å². The number of hydrogen-bond donors (Lipinski definition) is 0. The van der Waals surface area contributed by atoms with E-state index in [1.54, 1.807) is 6.07 Å². The average molecular weight is 272 g/mol. The molecule has 0 spiro atoms. The normalized spacial score (nSPS) is 11.9. The first-order valence-corrected chi connectivity index (χ1v) is 6.49. The van der Waals surface area contributed by atoms with Crippen LogP contribution in [-0.2, 0) is 5.41 Å². The Morgan fingerprint density at radius 2 is 1.94 bits per heavy atom. The first kappa shape index (κ1) is 15.2. The van der Waals surface area contributed by atoms with E-state index in [2.05, 4.69) is 35.6 Å². The van der Waals surface area contributed by atoms with Crippen molar-refractivity contribution in [2.75, 3.05) is 27.2 Å². The summed E-state index contributed by atoms with van der Waals surface area (Å²) in [6, 6.07) is 1.66. The number of ether oxygens (including phenoxy) is 1. The van der Waals surface area contributed by atoms with E-state index in [1.165, 1.54) is 0 Å². The van der Waals surface area contributed by atoms with Crippen molar-refractivity contribution in [1.29, 1.82) is 0 Å². The van der Waals surface area contributed by atoms with Crippen LogP contribution in [-0.4, -0.2) is 42.1 Å². The highest BCUT2D eigenvalue weighted by Gasteiger charge is 2.19. The summed E-state index contributed by atoms with van der Waals surface area (Å²) >= 11 is 5.98. The van der Waals surface area contributed by atoms with Gasteiger partial charge >= 0.3 is 0 Å². The Morgan fingerprint density at radius 3 is 2.50 bits per heavy atom. The molecular formula is C13H22ClN3O. The van der Waals surface area contributed by atoms with Crippen molar-refractivity contribution in [3.8, 4) is 5.88 Å². The van der Waals surface area contributed by atoms with Gasteiger partial charge in [-0.1, -0.05) is 32.4 Å². The number of rotatable bonds is 5. The van der Waals surface area contributed by atoms with Gasteiger partial charge in [-0.3, -0.25) is 0 Å². The Bertz CT molecular complexity index is 388. The van der Waals surface area contributed by atoms with Crippen molar-refractivity contribution < 1.29 is 4.74 Å². The maximum atomic E-state index is 5.98. The monoisotopic (exact) mass is 271 g/mol. The second-order valence-corrected chi connectivity index (χ2v) is 6.00. The Balaban J connectivity index is 2.63. The smallest absolute Gasteiger partial charge is 0.218 e. The number of nitrogens with zero attached hydrogens (tertiary/aromatic N) is 3. The van der Waals surface area contributed by atoms with E-state index in [4.69, 9.17) is 16.3 Å². The zero-order chi connectivity index (χ0) is 13.8. The van der Waals surface area contributed by atoms with E-state index in [-0.39, 0.29) is 5.41 Å². The lowest BCUT2D eigenvalue weighted by Gasteiger charge is -2.17. The van der Waals surface area contributed by atoms with Gasteiger partial charge in [-0.25, -0.2) is 4.98 Å². The van der Waals surface area contributed by atoms with Crippen LogP contribution in [0.2, 0.25) is 5.15 Å². The summed E-state index contributed by atoms with van der Waals surface area (Å²) in [5.41, 5.74) is -0.132. The Kier molecular flexibility index (Phi) is 5.35. The summed E-state index contributed by atoms with van der Waals surface area (Å²) in [6.07, 6.45) is 0.958. The molecule has 18 heavy (non-hydrogen) atoms. The largest absolute Gasteiger partial charge is 0.477 e. The van der Waals surface area contributed by atoms with E-state index < -0.39 is 0 Å². The second-order valence-electron chi connectivity index (χ2n) is 5.61. The van der Waals surface area contributed by atoms with E-state index in [0.29, 0.717) is 23.5 Å². The average Bonchev–Trinajstić information content (AvgIpc) is 2.22. The van der Waals surface area contributed by atoms with Crippen molar-refractivity contribution in [2.24, 2.45) is 0 Å². The molecule has 0 amide bonds. The molecule has 0 aliphatic heterocycles. The molecular weight excluding hydrogens is 250 g/mol. The molecule has 1 heterocycles. The maximum Gasteiger partial charge on any atom is 0.218 e. The third-order valence-corrected chi connectivity index (χ3v) is 2.54. The van der Waals surface area contributed by atoms with Gasteiger partial charge in [-0.2, -0.15) is 4.98 Å². The van der Waals surface area contributed by atoms with Crippen LogP contribution in [0.1, 0.15) is 33.0 Å². The van der Waals surface area contributed by atoms with Gasteiger partial charge < -0.3 is 9.64 Å². The first-order valence-electron chi connectivity index (χ1n) is 6.11. The molecule has 0 aliphatic carbocycles. The summed E-state index contributed by atoms with van der Waals surface area (Å²) in [7, 11) is 4.08. The van der Waals surface area contributed by atoms with Crippen molar-refractivity contribution in [2.45, 2.75) is 32.6 Å². The van der Waals surface area contributed by atoms with E-state index in [1.807, 2.05) is 14.1 Å². The molecule has 4 nitrogen and oxygen atoms in total. The van der Waals surface area contributed by atoms with Gasteiger partial charge in [-0.05, 0) is 20.5 Å². The van der Waals surface area contributed by atoms with Crippen LogP contribution in [0.25, 0.3) is 0 Å². The van der Waals surface area contributed by atoms with Gasteiger partial charge in [0, 0.05) is 18.0 Å². The molecule has 0 N–H and O–H groups in total. The summed E-state index contributed by atoms with van der Waals surface area (Å²) in [6.45, 7) is 7.78. The molecule has 5 heteroatoms. The Labute approximate surface area is 114 Å². The standard InChI is InChI=1S/C13H22ClN3O/c1-13(2,3)12-15-10(14)9-11(16-12)18-8-6-7-17(4)5/h9H,6-8H2,1-5H3. The molecule has 1 aromatic heterocycles.